The second kappa shape index (κ2) is 5.16. The molecule has 5 nitrogen and oxygen atoms in total. The first kappa shape index (κ1) is 14.8. The standard InChI is InChI=1S/C13H24N2O3/c1-12(2,3)18-11(17)14-13(7-6-8-13)9-10(16)15(4)5/h6-9H2,1-5H3,(H,14,17). The van der Waals surface area contributed by atoms with Gasteiger partial charge in [0, 0.05) is 20.5 Å². The van der Waals surface area contributed by atoms with Crippen LogP contribution in [0.4, 0.5) is 4.79 Å². The molecule has 0 bridgehead atoms. The molecule has 1 N–H and O–H groups in total. The zero-order chi connectivity index (χ0) is 14.0. The van der Waals surface area contributed by atoms with Gasteiger partial charge in [0.25, 0.3) is 0 Å². The van der Waals surface area contributed by atoms with Gasteiger partial charge >= 0.3 is 6.09 Å². The van der Waals surface area contributed by atoms with E-state index in [1.54, 1.807) is 19.0 Å². The van der Waals surface area contributed by atoms with Gasteiger partial charge in [-0.05, 0) is 40.0 Å². The number of rotatable bonds is 3. The predicted molar refractivity (Wildman–Crippen MR) is 69.3 cm³/mol. The molecule has 1 rings (SSSR count). The summed E-state index contributed by atoms with van der Waals surface area (Å²) in [5.74, 6) is 0.0331. The van der Waals surface area contributed by atoms with E-state index in [0.29, 0.717) is 6.42 Å². The number of nitrogens with zero attached hydrogens (tertiary/aromatic N) is 1. The molecule has 0 atom stereocenters. The molecule has 18 heavy (non-hydrogen) atoms. The Labute approximate surface area is 109 Å². The quantitative estimate of drug-likeness (QED) is 0.839. The van der Waals surface area contributed by atoms with Gasteiger partial charge in [0.15, 0.2) is 0 Å². The summed E-state index contributed by atoms with van der Waals surface area (Å²) in [6, 6.07) is 0. The smallest absolute Gasteiger partial charge is 0.408 e. The Hall–Kier alpha value is -1.26. The summed E-state index contributed by atoms with van der Waals surface area (Å²) in [7, 11) is 3.45. The van der Waals surface area contributed by atoms with Crippen LogP contribution in [0.2, 0.25) is 0 Å². The molecule has 0 saturated heterocycles. The summed E-state index contributed by atoms with van der Waals surface area (Å²) in [4.78, 5) is 25.1. The maximum Gasteiger partial charge on any atom is 0.408 e. The van der Waals surface area contributed by atoms with Crippen LogP contribution in [-0.4, -0.2) is 42.1 Å². The van der Waals surface area contributed by atoms with Crippen molar-refractivity contribution in [2.45, 2.75) is 57.6 Å². The van der Waals surface area contributed by atoms with E-state index in [2.05, 4.69) is 5.32 Å². The summed E-state index contributed by atoms with van der Waals surface area (Å²) in [6.07, 6.45) is 2.63. The number of carbonyl (C=O) groups is 2. The van der Waals surface area contributed by atoms with E-state index in [1.807, 2.05) is 20.8 Å². The third-order valence-corrected chi connectivity index (χ3v) is 3.07. The van der Waals surface area contributed by atoms with E-state index >= 15 is 0 Å². The fraction of sp³-hybridized carbons (Fsp3) is 0.846. The Bertz CT molecular complexity index is 328. The Morgan fingerprint density at radius 1 is 1.28 bits per heavy atom. The number of nitrogens with one attached hydrogen (secondary N) is 1. The summed E-state index contributed by atoms with van der Waals surface area (Å²) >= 11 is 0. The zero-order valence-corrected chi connectivity index (χ0v) is 12.0. The summed E-state index contributed by atoms with van der Waals surface area (Å²) < 4.78 is 5.24. The minimum atomic E-state index is -0.513. The molecule has 0 aromatic rings. The van der Waals surface area contributed by atoms with Gasteiger partial charge in [0.1, 0.15) is 5.60 Å². The molecule has 0 heterocycles. The van der Waals surface area contributed by atoms with Crippen molar-refractivity contribution < 1.29 is 14.3 Å². The summed E-state index contributed by atoms with van der Waals surface area (Å²) in [6.45, 7) is 5.47. The number of hydrogen-bond donors (Lipinski definition) is 1. The van der Waals surface area contributed by atoms with Gasteiger partial charge in [0.05, 0.1) is 5.54 Å². The first-order valence-electron chi connectivity index (χ1n) is 6.35. The lowest BCUT2D eigenvalue weighted by atomic mass is 9.74. The third kappa shape index (κ3) is 4.20. The van der Waals surface area contributed by atoms with Gasteiger partial charge in [-0.25, -0.2) is 4.79 Å². The molecule has 104 valence electrons. The van der Waals surface area contributed by atoms with E-state index in [4.69, 9.17) is 4.74 Å². The first-order chi connectivity index (χ1) is 8.14. The monoisotopic (exact) mass is 256 g/mol. The molecule has 0 aliphatic heterocycles. The average molecular weight is 256 g/mol. The Kier molecular flexibility index (Phi) is 4.24. The molecule has 0 radical (unpaired) electrons. The highest BCUT2D eigenvalue weighted by atomic mass is 16.6. The van der Waals surface area contributed by atoms with Gasteiger partial charge in [-0.15, -0.1) is 0 Å². The maximum atomic E-state index is 11.8. The van der Waals surface area contributed by atoms with Gasteiger partial charge < -0.3 is 15.0 Å². The van der Waals surface area contributed by atoms with E-state index in [0.717, 1.165) is 19.3 Å². The van der Waals surface area contributed by atoms with Gasteiger partial charge in [-0.1, -0.05) is 0 Å². The molecular weight excluding hydrogens is 232 g/mol. The van der Waals surface area contributed by atoms with Crippen molar-refractivity contribution in [1.29, 1.82) is 0 Å². The van der Waals surface area contributed by atoms with Crippen LogP contribution in [0.15, 0.2) is 0 Å². The van der Waals surface area contributed by atoms with Crippen molar-refractivity contribution in [1.82, 2.24) is 10.2 Å². The van der Waals surface area contributed by atoms with Crippen molar-refractivity contribution in [3.05, 3.63) is 0 Å². The lowest BCUT2D eigenvalue weighted by Gasteiger charge is -2.42. The molecule has 0 unspecified atom stereocenters. The molecule has 0 spiro atoms. The van der Waals surface area contributed by atoms with Gasteiger partial charge in [-0.2, -0.15) is 0 Å². The lowest BCUT2D eigenvalue weighted by Crippen LogP contribution is -2.56. The lowest BCUT2D eigenvalue weighted by molar-refractivity contribution is -0.131. The normalized spacial score (nSPS) is 17.6. The number of ether oxygens (including phenoxy) is 1. The van der Waals surface area contributed by atoms with Crippen LogP contribution in [0.25, 0.3) is 0 Å². The molecule has 1 aliphatic rings. The minimum Gasteiger partial charge on any atom is -0.444 e. The Morgan fingerprint density at radius 3 is 2.17 bits per heavy atom. The highest BCUT2D eigenvalue weighted by molar-refractivity contribution is 5.78. The van der Waals surface area contributed by atoms with Crippen molar-refractivity contribution in [2.24, 2.45) is 0 Å². The van der Waals surface area contributed by atoms with Crippen LogP contribution in [0.3, 0.4) is 0 Å². The van der Waals surface area contributed by atoms with Crippen molar-refractivity contribution in [3.63, 3.8) is 0 Å². The van der Waals surface area contributed by atoms with Crippen LogP contribution < -0.4 is 5.32 Å². The highest BCUT2D eigenvalue weighted by Crippen LogP contribution is 2.35. The first-order valence-corrected chi connectivity index (χ1v) is 6.35. The van der Waals surface area contributed by atoms with Crippen molar-refractivity contribution >= 4 is 12.0 Å². The predicted octanol–water partition coefficient (Wildman–Crippen LogP) is 1.91. The number of hydrogen-bond acceptors (Lipinski definition) is 3. The molecule has 1 fully saturated rings. The molecule has 1 saturated carbocycles. The minimum absolute atomic E-state index is 0.0331. The number of alkyl carbamates (subject to hydrolysis) is 1. The van der Waals surface area contributed by atoms with Crippen LogP contribution in [0.5, 0.6) is 0 Å². The highest BCUT2D eigenvalue weighted by Gasteiger charge is 2.41. The van der Waals surface area contributed by atoms with Crippen LogP contribution in [0.1, 0.15) is 46.5 Å². The van der Waals surface area contributed by atoms with E-state index < -0.39 is 17.2 Å². The largest absolute Gasteiger partial charge is 0.444 e. The van der Waals surface area contributed by atoms with Crippen LogP contribution >= 0.6 is 0 Å². The molecule has 1 aliphatic carbocycles. The van der Waals surface area contributed by atoms with E-state index in [1.165, 1.54) is 0 Å². The number of amides is 2. The number of carbonyl (C=O) groups excluding carboxylic acids is 2. The molecule has 0 aromatic carbocycles. The Morgan fingerprint density at radius 2 is 1.83 bits per heavy atom. The Balaban J connectivity index is 2.56. The third-order valence-electron chi connectivity index (χ3n) is 3.07. The second-order valence-electron chi connectivity index (χ2n) is 6.23. The fourth-order valence-corrected chi connectivity index (χ4v) is 1.92. The molecular formula is C13H24N2O3. The topological polar surface area (TPSA) is 58.6 Å². The van der Waals surface area contributed by atoms with Crippen LogP contribution in [-0.2, 0) is 9.53 Å². The average Bonchev–Trinajstić information content (AvgIpc) is 2.10. The van der Waals surface area contributed by atoms with Crippen molar-refractivity contribution in [3.8, 4) is 0 Å². The van der Waals surface area contributed by atoms with Gasteiger partial charge in [-0.3, -0.25) is 4.79 Å². The van der Waals surface area contributed by atoms with Crippen molar-refractivity contribution in [2.75, 3.05) is 14.1 Å². The molecule has 2 amide bonds. The second-order valence-corrected chi connectivity index (χ2v) is 6.23. The zero-order valence-electron chi connectivity index (χ0n) is 12.0. The summed E-state index contributed by atoms with van der Waals surface area (Å²) in [5, 5.41) is 2.86. The molecule has 0 aromatic heterocycles. The van der Waals surface area contributed by atoms with Crippen LogP contribution in [0, 0.1) is 0 Å². The van der Waals surface area contributed by atoms with Gasteiger partial charge in [0.2, 0.25) is 5.91 Å². The molecule has 5 heteroatoms. The maximum absolute atomic E-state index is 11.8. The summed E-state index contributed by atoms with van der Waals surface area (Å²) in [5.41, 5.74) is -0.912. The van der Waals surface area contributed by atoms with E-state index in [9.17, 15) is 9.59 Å². The van der Waals surface area contributed by atoms with E-state index in [-0.39, 0.29) is 5.91 Å². The fourth-order valence-electron chi connectivity index (χ4n) is 1.92. The SMILES string of the molecule is CN(C)C(=O)CC1(NC(=O)OC(C)(C)C)CCC1.